The molecule has 1 saturated carbocycles. The van der Waals surface area contributed by atoms with Gasteiger partial charge < -0.3 is 5.11 Å². The van der Waals surface area contributed by atoms with Gasteiger partial charge in [0, 0.05) is 16.2 Å². The van der Waals surface area contributed by atoms with Crippen LogP contribution in [0.15, 0.2) is 12.1 Å². The molecule has 0 amide bonds. The molecule has 17 heavy (non-hydrogen) atoms. The normalized spacial score (nSPS) is 33.9. The summed E-state index contributed by atoms with van der Waals surface area (Å²) in [6.45, 7) is 6.73. The van der Waals surface area contributed by atoms with Crippen molar-refractivity contribution in [3.8, 4) is 0 Å². The summed E-state index contributed by atoms with van der Waals surface area (Å²) in [7, 11) is 0. The van der Waals surface area contributed by atoms with E-state index in [2.05, 4.69) is 32.9 Å². The molecule has 0 bridgehead atoms. The fourth-order valence-corrected chi connectivity index (χ4v) is 4.50. The zero-order valence-corrected chi connectivity index (χ0v) is 12.0. The molecule has 1 aliphatic rings. The first kappa shape index (κ1) is 13.1. The van der Waals surface area contributed by atoms with E-state index in [1.165, 1.54) is 16.2 Å². The van der Waals surface area contributed by atoms with Crippen molar-refractivity contribution in [3.05, 3.63) is 21.9 Å². The summed E-state index contributed by atoms with van der Waals surface area (Å²) in [6, 6.07) is 4.41. The maximum Gasteiger partial charge on any atom is 0.0700 e. The van der Waals surface area contributed by atoms with Gasteiger partial charge in [0.2, 0.25) is 0 Å². The molecule has 0 aromatic carbocycles. The third-order valence-electron chi connectivity index (χ3n) is 3.83. The quantitative estimate of drug-likeness (QED) is 0.861. The molecule has 1 N–H and O–H groups in total. The molecule has 2 heteroatoms. The smallest absolute Gasteiger partial charge is 0.0700 e. The van der Waals surface area contributed by atoms with E-state index in [0.717, 1.165) is 25.7 Å². The van der Waals surface area contributed by atoms with Crippen molar-refractivity contribution in [2.45, 2.75) is 58.5 Å². The topological polar surface area (TPSA) is 20.2 Å². The van der Waals surface area contributed by atoms with Gasteiger partial charge in [-0.2, -0.15) is 0 Å². The number of hydrogen-bond acceptors (Lipinski definition) is 2. The second kappa shape index (κ2) is 5.11. The Morgan fingerprint density at radius 1 is 1.24 bits per heavy atom. The predicted molar refractivity (Wildman–Crippen MR) is 74.5 cm³/mol. The van der Waals surface area contributed by atoms with Crippen molar-refractivity contribution in [1.29, 1.82) is 0 Å². The number of hydrogen-bond donors (Lipinski definition) is 1. The van der Waals surface area contributed by atoms with E-state index < -0.39 is 5.60 Å². The van der Waals surface area contributed by atoms with Crippen LogP contribution in [0.1, 0.15) is 49.8 Å². The number of aryl methyl sites for hydroxylation is 1. The molecule has 2 atom stereocenters. The van der Waals surface area contributed by atoms with E-state index in [1.54, 1.807) is 0 Å². The van der Waals surface area contributed by atoms with Gasteiger partial charge in [0.1, 0.15) is 0 Å². The van der Waals surface area contributed by atoms with Crippen molar-refractivity contribution in [1.82, 2.24) is 0 Å². The molecule has 1 aromatic heterocycles. The lowest BCUT2D eigenvalue weighted by molar-refractivity contribution is -0.0298. The Hall–Kier alpha value is -0.340. The maximum absolute atomic E-state index is 10.8. The summed E-state index contributed by atoms with van der Waals surface area (Å²) in [5.74, 6) is 1.32. The van der Waals surface area contributed by atoms with Gasteiger partial charge >= 0.3 is 0 Å². The first-order chi connectivity index (χ1) is 8.00. The summed E-state index contributed by atoms with van der Waals surface area (Å²) in [5, 5.41) is 10.8. The van der Waals surface area contributed by atoms with Gasteiger partial charge in [-0.25, -0.2) is 0 Å². The van der Waals surface area contributed by atoms with Crippen LogP contribution in [-0.4, -0.2) is 10.7 Å². The first-order valence-corrected chi connectivity index (χ1v) is 7.62. The maximum atomic E-state index is 10.8. The lowest BCUT2D eigenvalue weighted by Crippen LogP contribution is -2.39. The van der Waals surface area contributed by atoms with E-state index in [1.807, 2.05) is 11.3 Å². The van der Waals surface area contributed by atoms with E-state index >= 15 is 0 Å². The van der Waals surface area contributed by atoms with Crippen LogP contribution < -0.4 is 0 Å². The fraction of sp³-hybridized carbons (Fsp3) is 0.733. The highest BCUT2D eigenvalue weighted by Crippen LogP contribution is 2.38. The standard InChI is InChI=1S/C15H24OS/c1-4-13-5-6-14(17-13)10-15(16)8-11(2)7-12(3)9-15/h5-6,11-12,16H,4,7-10H2,1-3H3. The Labute approximate surface area is 109 Å². The minimum absolute atomic E-state index is 0.451. The van der Waals surface area contributed by atoms with Gasteiger partial charge in [-0.15, -0.1) is 11.3 Å². The second-order valence-electron chi connectivity index (χ2n) is 5.98. The van der Waals surface area contributed by atoms with Crippen LogP contribution in [0.3, 0.4) is 0 Å². The Morgan fingerprint density at radius 2 is 1.82 bits per heavy atom. The molecule has 0 spiro atoms. The zero-order chi connectivity index (χ0) is 12.5. The highest BCUT2D eigenvalue weighted by Gasteiger charge is 2.36. The summed E-state index contributed by atoms with van der Waals surface area (Å²) >= 11 is 1.87. The van der Waals surface area contributed by atoms with Crippen LogP contribution in [0.2, 0.25) is 0 Å². The molecule has 0 aliphatic heterocycles. The van der Waals surface area contributed by atoms with Crippen LogP contribution in [-0.2, 0) is 12.8 Å². The van der Waals surface area contributed by atoms with Crippen molar-refractivity contribution in [3.63, 3.8) is 0 Å². The largest absolute Gasteiger partial charge is 0.389 e. The Balaban J connectivity index is 2.05. The van der Waals surface area contributed by atoms with E-state index in [-0.39, 0.29) is 0 Å². The van der Waals surface area contributed by atoms with Gasteiger partial charge in [-0.1, -0.05) is 20.8 Å². The van der Waals surface area contributed by atoms with E-state index in [0.29, 0.717) is 11.8 Å². The fourth-order valence-electron chi connectivity index (χ4n) is 3.41. The second-order valence-corrected chi connectivity index (χ2v) is 7.23. The van der Waals surface area contributed by atoms with Crippen molar-refractivity contribution in [2.75, 3.05) is 0 Å². The molecular formula is C15H24OS. The molecule has 2 unspecified atom stereocenters. The number of aliphatic hydroxyl groups is 1. The van der Waals surface area contributed by atoms with Crippen molar-refractivity contribution >= 4 is 11.3 Å². The lowest BCUT2D eigenvalue weighted by Gasteiger charge is -2.38. The first-order valence-electron chi connectivity index (χ1n) is 6.81. The average molecular weight is 252 g/mol. The summed E-state index contributed by atoms with van der Waals surface area (Å²) in [5.41, 5.74) is -0.451. The van der Waals surface area contributed by atoms with Crippen LogP contribution in [0.5, 0.6) is 0 Å². The molecule has 1 nitrogen and oxygen atoms in total. The molecule has 2 rings (SSSR count). The van der Waals surface area contributed by atoms with E-state index in [9.17, 15) is 5.11 Å². The van der Waals surface area contributed by atoms with Gasteiger partial charge in [-0.3, -0.25) is 0 Å². The molecule has 1 aliphatic carbocycles. The SMILES string of the molecule is CCc1ccc(CC2(O)CC(C)CC(C)C2)s1. The Kier molecular flexibility index (Phi) is 3.94. The third-order valence-corrected chi connectivity index (χ3v) is 5.06. The number of rotatable bonds is 3. The summed E-state index contributed by atoms with van der Waals surface area (Å²) < 4.78 is 0. The third kappa shape index (κ3) is 3.32. The summed E-state index contributed by atoms with van der Waals surface area (Å²) in [6.07, 6.45) is 5.17. The molecule has 0 saturated heterocycles. The number of thiophene rings is 1. The summed E-state index contributed by atoms with van der Waals surface area (Å²) in [4.78, 5) is 2.78. The molecule has 1 heterocycles. The van der Waals surface area contributed by atoms with Gasteiger partial charge in [0.15, 0.2) is 0 Å². The van der Waals surface area contributed by atoms with Gasteiger partial charge in [-0.05, 0) is 49.7 Å². The van der Waals surface area contributed by atoms with Crippen LogP contribution in [0, 0.1) is 11.8 Å². The minimum Gasteiger partial charge on any atom is -0.389 e. The lowest BCUT2D eigenvalue weighted by atomic mass is 9.72. The van der Waals surface area contributed by atoms with Gasteiger partial charge in [0.25, 0.3) is 0 Å². The molecule has 96 valence electrons. The monoisotopic (exact) mass is 252 g/mol. The van der Waals surface area contributed by atoms with Crippen LogP contribution in [0.25, 0.3) is 0 Å². The van der Waals surface area contributed by atoms with E-state index in [4.69, 9.17) is 0 Å². The highest BCUT2D eigenvalue weighted by molar-refractivity contribution is 7.12. The Bertz CT molecular complexity index is 359. The average Bonchev–Trinajstić information content (AvgIpc) is 2.62. The van der Waals surface area contributed by atoms with Crippen LogP contribution in [0.4, 0.5) is 0 Å². The molecule has 1 aromatic rings. The van der Waals surface area contributed by atoms with Crippen LogP contribution >= 0.6 is 11.3 Å². The Morgan fingerprint density at radius 3 is 2.35 bits per heavy atom. The predicted octanol–water partition coefficient (Wildman–Crippen LogP) is 4.04. The highest BCUT2D eigenvalue weighted by atomic mass is 32.1. The molecule has 1 fully saturated rings. The van der Waals surface area contributed by atoms with Crippen molar-refractivity contribution < 1.29 is 5.11 Å². The molecule has 0 radical (unpaired) electrons. The van der Waals surface area contributed by atoms with Crippen molar-refractivity contribution in [2.24, 2.45) is 11.8 Å². The molecular weight excluding hydrogens is 228 g/mol. The van der Waals surface area contributed by atoms with Gasteiger partial charge in [0.05, 0.1) is 5.60 Å². The minimum atomic E-state index is -0.451. The zero-order valence-electron chi connectivity index (χ0n) is 11.2.